The molecule has 3 rings (SSSR count). The van der Waals surface area contributed by atoms with Crippen molar-refractivity contribution >= 4 is 5.78 Å². The van der Waals surface area contributed by atoms with Gasteiger partial charge in [-0.15, -0.1) is 0 Å². The first-order valence-electron chi connectivity index (χ1n) is 7.47. The summed E-state index contributed by atoms with van der Waals surface area (Å²) >= 11 is 0. The molecule has 0 aromatic heterocycles. The van der Waals surface area contributed by atoms with Crippen LogP contribution in [0.2, 0.25) is 0 Å². The van der Waals surface area contributed by atoms with Gasteiger partial charge < -0.3 is 10.5 Å². The van der Waals surface area contributed by atoms with Crippen LogP contribution in [0.5, 0.6) is 5.75 Å². The molecule has 1 aliphatic heterocycles. The average molecular weight is 331 g/mol. The first-order chi connectivity index (χ1) is 12.2. The molecule has 2 aromatic rings. The summed E-state index contributed by atoms with van der Waals surface area (Å²) in [4.78, 5) is 15.7. The lowest BCUT2D eigenvalue weighted by Gasteiger charge is -2.29. The molecule has 0 aliphatic carbocycles. The molecule has 0 saturated carbocycles. The van der Waals surface area contributed by atoms with Gasteiger partial charge in [-0.25, -0.2) is 0 Å². The summed E-state index contributed by atoms with van der Waals surface area (Å²) in [6, 6.07) is 16.2. The first kappa shape index (κ1) is 16.1. The normalized spacial score (nSPS) is 16.7. The maximum Gasteiger partial charge on any atom is 0.205 e. The minimum Gasteiger partial charge on any atom is -0.440 e. The standard InChI is InChI=1S/C18H13N5O2/c19-10-13-15(12-8-4-5-9-14(12)25-18(13)20)16(22-23-21)17(24)11-6-2-1-3-7-11/h1-9,15-16H,20H2. The van der Waals surface area contributed by atoms with Crippen LogP contribution < -0.4 is 10.5 Å². The molecule has 2 atom stereocenters. The van der Waals surface area contributed by atoms with Crippen LogP contribution in [-0.4, -0.2) is 11.8 Å². The highest BCUT2D eigenvalue weighted by atomic mass is 16.5. The number of carbonyl (C=O) groups excluding carboxylic acids is 1. The summed E-state index contributed by atoms with van der Waals surface area (Å²) < 4.78 is 5.47. The molecule has 0 radical (unpaired) electrons. The molecule has 2 N–H and O–H groups in total. The lowest BCUT2D eigenvalue weighted by Crippen LogP contribution is -2.32. The molecule has 0 fully saturated rings. The maximum absolute atomic E-state index is 12.9. The van der Waals surface area contributed by atoms with Gasteiger partial charge in [0.15, 0.2) is 5.78 Å². The van der Waals surface area contributed by atoms with Crippen molar-refractivity contribution in [2.75, 3.05) is 0 Å². The van der Waals surface area contributed by atoms with Crippen molar-refractivity contribution in [3.63, 3.8) is 0 Å². The number of rotatable bonds is 4. The van der Waals surface area contributed by atoms with E-state index in [-0.39, 0.29) is 17.2 Å². The van der Waals surface area contributed by atoms with E-state index in [4.69, 9.17) is 16.0 Å². The third-order valence-electron chi connectivity index (χ3n) is 3.99. The predicted molar refractivity (Wildman–Crippen MR) is 90.3 cm³/mol. The van der Waals surface area contributed by atoms with Gasteiger partial charge in [0.1, 0.15) is 17.9 Å². The largest absolute Gasteiger partial charge is 0.440 e. The summed E-state index contributed by atoms with van der Waals surface area (Å²) in [6.07, 6.45) is 0. The third kappa shape index (κ3) is 2.90. The number of hydrogen-bond donors (Lipinski definition) is 1. The highest BCUT2D eigenvalue weighted by Gasteiger charge is 2.38. The second-order valence-corrected chi connectivity index (χ2v) is 5.39. The summed E-state index contributed by atoms with van der Waals surface area (Å²) in [6.45, 7) is 0. The summed E-state index contributed by atoms with van der Waals surface area (Å²) in [5, 5.41) is 13.2. The van der Waals surface area contributed by atoms with E-state index >= 15 is 0 Å². The fraction of sp³-hybridized carbons (Fsp3) is 0.111. The quantitative estimate of drug-likeness (QED) is 0.399. The van der Waals surface area contributed by atoms with Crippen LogP contribution in [0, 0.1) is 11.3 Å². The minimum absolute atomic E-state index is 0.0698. The van der Waals surface area contributed by atoms with E-state index in [0.717, 1.165) is 0 Å². The SMILES string of the molecule is N#CC1=C(N)Oc2ccccc2C1C(N=[N+]=[N-])C(=O)c1ccccc1. The number of nitrogens with two attached hydrogens (primary N) is 1. The van der Waals surface area contributed by atoms with Gasteiger partial charge in [0.2, 0.25) is 5.88 Å². The Bertz CT molecular complexity index is 939. The fourth-order valence-electron chi connectivity index (χ4n) is 2.86. The smallest absolute Gasteiger partial charge is 0.205 e. The number of nitrogens with zero attached hydrogens (tertiary/aromatic N) is 4. The van der Waals surface area contributed by atoms with Crippen molar-refractivity contribution in [2.24, 2.45) is 10.8 Å². The molecule has 7 heteroatoms. The number of hydrogen-bond acceptors (Lipinski definition) is 5. The molecular formula is C18H13N5O2. The monoisotopic (exact) mass is 331 g/mol. The zero-order chi connectivity index (χ0) is 17.8. The highest BCUT2D eigenvalue weighted by Crippen LogP contribution is 2.41. The number of para-hydroxylation sites is 1. The van der Waals surface area contributed by atoms with Crippen LogP contribution in [0.4, 0.5) is 0 Å². The molecule has 1 aliphatic rings. The summed E-state index contributed by atoms with van der Waals surface area (Å²) in [5.74, 6) is -0.854. The summed E-state index contributed by atoms with van der Waals surface area (Å²) in [5.41, 5.74) is 15.9. The first-order valence-corrected chi connectivity index (χ1v) is 7.47. The number of nitriles is 1. The van der Waals surface area contributed by atoms with Gasteiger partial charge in [-0.2, -0.15) is 5.26 Å². The maximum atomic E-state index is 12.9. The van der Waals surface area contributed by atoms with Crippen LogP contribution in [0.3, 0.4) is 0 Å². The van der Waals surface area contributed by atoms with Crippen LogP contribution in [0.15, 0.2) is 71.2 Å². The second kappa shape index (κ2) is 6.79. The lowest BCUT2D eigenvalue weighted by molar-refractivity contribution is 0.0952. The Balaban J connectivity index is 2.17. The van der Waals surface area contributed by atoms with Crippen LogP contribution in [0.25, 0.3) is 10.4 Å². The Hall–Kier alpha value is -3.75. The fourth-order valence-corrected chi connectivity index (χ4v) is 2.86. The molecule has 1 heterocycles. The Morgan fingerprint density at radius 2 is 1.92 bits per heavy atom. The number of azide groups is 1. The number of benzene rings is 2. The number of Topliss-reactive ketones (excluding diaryl/α,β-unsaturated/α-hetero) is 1. The molecule has 0 amide bonds. The van der Waals surface area contributed by atoms with E-state index < -0.39 is 12.0 Å². The van der Waals surface area contributed by atoms with Crippen molar-refractivity contribution in [3.8, 4) is 11.8 Å². The van der Waals surface area contributed by atoms with Gasteiger partial charge in [-0.05, 0) is 11.6 Å². The third-order valence-corrected chi connectivity index (χ3v) is 3.99. The van der Waals surface area contributed by atoms with Crippen molar-refractivity contribution in [2.45, 2.75) is 12.0 Å². The molecule has 25 heavy (non-hydrogen) atoms. The molecule has 0 bridgehead atoms. The van der Waals surface area contributed by atoms with Crippen molar-refractivity contribution in [3.05, 3.63) is 87.6 Å². The van der Waals surface area contributed by atoms with Gasteiger partial charge in [-0.3, -0.25) is 4.79 Å². The molecular weight excluding hydrogens is 318 g/mol. The van der Waals surface area contributed by atoms with Crippen LogP contribution >= 0.6 is 0 Å². The molecule has 0 saturated heterocycles. The van der Waals surface area contributed by atoms with Crippen molar-refractivity contribution < 1.29 is 9.53 Å². The van der Waals surface area contributed by atoms with Gasteiger partial charge >= 0.3 is 0 Å². The van der Waals surface area contributed by atoms with Crippen LogP contribution in [0.1, 0.15) is 21.8 Å². The van der Waals surface area contributed by atoms with Crippen LogP contribution in [-0.2, 0) is 0 Å². The Morgan fingerprint density at radius 3 is 2.60 bits per heavy atom. The van der Waals surface area contributed by atoms with Gasteiger partial charge in [0, 0.05) is 22.0 Å². The minimum atomic E-state index is -1.15. The van der Waals surface area contributed by atoms with E-state index in [9.17, 15) is 10.1 Å². The number of carbonyl (C=O) groups is 1. The van der Waals surface area contributed by atoms with Gasteiger partial charge in [0.25, 0.3) is 0 Å². The lowest BCUT2D eigenvalue weighted by atomic mass is 9.80. The van der Waals surface area contributed by atoms with E-state index in [2.05, 4.69) is 10.0 Å². The molecule has 7 nitrogen and oxygen atoms in total. The number of ketones is 1. The summed E-state index contributed by atoms with van der Waals surface area (Å²) in [7, 11) is 0. The Morgan fingerprint density at radius 1 is 1.24 bits per heavy atom. The van der Waals surface area contributed by atoms with E-state index in [1.807, 2.05) is 6.07 Å². The zero-order valence-electron chi connectivity index (χ0n) is 13.0. The second-order valence-electron chi connectivity index (χ2n) is 5.39. The van der Waals surface area contributed by atoms with Crippen molar-refractivity contribution in [1.82, 2.24) is 0 Å². The van der Waals surface area contributed by atoms with E-state index in [1.54, 1.807) is 54.6 Å². The molecule has 2 aromatic carbocycles. The molecule has 122 valence electrons. The zero-order valence-corrected chi connectivity index (χ0v) is 13.0. The molecule has 2 unspecified atom stereocenters. The van der Waals surface area contributed by atoms with Gasteiger partial charge in [-0.1, -0.05) is 53.6 Å². The average Bonchev–Trinajstić information content (AvgIpc) is 2.65. The Labute approximate surface area is 143 Å². The topological polar surface area (TPSA) is 125 Å². The Kier molecular flexibility index (Phi) is 4.38. The van der Waals surface area contributed by atoms with E-state index in [0.29, 0.717) is 16.9 Å². The number of ether oxygens (including phenoxy) is 1. The molecule has 0 spiro atoms. The van der Waals surface area contributed by atoms with Gasteiger partial charge in [0.05, 0.1) is 5.57 Å². The van der Waals surface area contributed by atoms with Crippen molar-refractivity contribution in [1.29, 1.82) is 5.26 Å². The number of fused-ring (bicyclic) bond motifs is 1. The predicted octanol–water partition coefficient (Wildman–Crippen LogP) is 3.42. The highest BCUT2D eigenvalue weighted by molar-refractivity contribution is 6.01. The van der Waals surface area contributed by atoms with E-state index in [1.165, 1.54) is 0 Å².